The molecule has 0 aromatic heterocycles. The minimum Gasteiger partial charge on any atom is -0.457 e. The first kappa shape index (κ1) is 27.7. The Morgan fingerprint density at radius 2 is 1.41 bits per heavy atom. The summed E-state index contributed by atoms with van der Waals surface area (Å²) in [6.45, 7) is 7.43. The van der Waals surface area contributed by atoms with Crippen LogP contribution in [0.5, 0.6) is 11.5 Å². The fraction of sp³-hybridized carbons (Fsp3) is 0.286. The molecule has 0 N–H and O–H groups in total. The van der Waals surface area contributed by atoms with Crippen LogP contribution in [-0.4, -0.2) is 48.8 Å². The summed E-state index contributed by atoms with van der Waals surface area (Å²) >= 11 is 0. The number of hydrogen-bond acceptors (Lipinski definition) is 4. The van der Waals surface area contributed by atoms with Crippen molar-refractivity contribution >= 4 is 24.8 Å². The van der Waals surface area contributed by atoms with Crippen LogP contribution < -0.4 is 4.74 Å². The highest BCUT2D eigenvalue weighted by Crippen LogP contribution is 2.26. The summed E-state index contributed by atoms with van der Waals surface area (Å²) in [7, 11) is 0. The Labute approximate surface area is 215 Å². The highest BCUT2D eigenvalue weighted by molar-refractivity contribution is 5.85. The van der Waals surface area contributed by atoms with Crippen LogP contribution in [0.2, 0.25) is 0 Å². The SMILES string of the molecule is CC(OCc1ccccc1Oc1ccccc1)N1CCN(CC#Cc2ccccc2)CC1.Cl.Cl. The lowest BCUT2D eigenvalue weighted by Crippen LogP contribution is -2.50. The third kappa shape index (κ3) is 8.36. The van der Waals surface area contributed by atoms with Crippen LogP contribution in [0.3, 0.4) is 0 Å². The minimum atomic E-state index is 0. The second-order valence-electron chi connectivity index (χ2n) is 7.91. The molecule has 1 heterocycles. The molecule has 4 rings (SSSR count). The predicted molar refractivity (Wildman–Crippen MR) is 143 cm³/mol. The third-order valence-electron chi connectivity index (χ3n) is 5.65. The molecule has 3 aromatic carbocycles. The first-order chi connectivity index (χ1) is 15.8. The Morgan fingerprint density at radius 1 is 0.794 bits per heavy atom. The zero-order chi connectivity index (χ0) is 22.0. The van der Waals surface area contributed by atoms with E-state index in [-0.39, 0.29) is 31.0 Å². The van der Waals surface area contributed by atoms with Gasteiger partial charge in [-0.2, -0.15) is 0 Å². The third-order valence-corrected chi connectivity index (χ3v) is 5.65. The molecular formula is C28H32Cl2N2O2. The minimum absolute atomic E-state index is 0. The van der Waals surface area contributed by atoms with Gasteiger partial charge in [0.15, 0.2) is 0 Å². The maximum Gasteiger partial charge on any atom is 0.132 e. The van der Waals surface area contributed by atoms with Crippen molar-refractivity contribution in [1.29, 1.82) is 0 Å². The molecule has 180 valence electrons. The van der Waals surface area contributed by atoms with E-state index in [2.05, 4.69) is 34.6 Å². The van der Waals surface area contributed by atoms with E-state index in [1.807, 2.05) is 78.9 Å². The van der Waals surface area contributed by atoms with Crippen LogP contribution in [0.4, 0.5) is 0 Å². The maximum absolute atomic E-state index is 6.22. The van der Waals surface area contributed by atoms with Crippen molar-refractivity contribution in [3.05, 3.63) is 96.1 Å². The molecule has 1 aliphatic heterocycles. The number of para-hydroxylation sites is 2. The van der Waals surface area contributed by atoms with Gasteiger partial charge in [0.2, 0.25) is 0 Å². The van der Waals surface area contributed by atoms with Crippen LogP contribution in [0, 0.1) is 11.8 Å². The molecule has 34 heavy (non-hydrogen) atoms. The molecular weight excluding hydrogens is 467 g/mol. The molecule has 0 saturated carbocycles. The summed E-state index contributed by atoms with van der Waals surface area (Å²) in [6, 6.07) is 28.1. The van der Waals surface area contributed by atoms with E-state index >= 15 is 0 Å². The van der Waals surface area contributed by atoms with Gasteiger partial charge in [-0.15, -0.1) is 24.8 Å². The van der Waals surface area contributed by atoms with Crippen LogP contribution in [-0.2, 0) is 11.3 Å². The fourth-order valence-electron chi connectivity index (χ4n) is 3.71. The lowest BCUT2D eigenvalue weighted by Gasteiger charge is -2.37. The van der Waals surface area contributed by atoms with Crippen molar-refractivity contribution in [1.82, 2.24) is 9.80 Å². The van der Waals surface area contributed by atoms with E-state index in [1.54, 1.807) is 0 Å². The molecule has 1 aliphatic rings. The molecule has 1 saturated heterocycles. The summed E-state index contributed by atoms with van der Waals surface area (Å²) in [5.74, 6) is 8.22. The second kappa shape index (κ2) is 14.7. The fourth-order valence-corrected chi connectivity index (χ4v) is 3.71. The van der Waals surface area contributed by atoms with Crippen molar-refractivity contribution in [2.75, 3.05) is 32.7 Å². The van der Waals surface area contributed by atoms with Crippen molar-refractivity contribution in [3.63, 3.8) is 0 Å². The first-order valence-corrected chi connectivity index (χ1v) is 11.2. The van der Waals surface area contributed by atoms with E-state index < -0.39 is 0 Å². The molecule has 4 nitrogen and oxygen atoms in total. The van der Waals surface area contributed by atoms with Gasteiger partial charge in [-0.1, -0.05) is 66.4 Å². The van der Waals surface area contributed by atoms with E-state index in [0.29, 0.717) is 6.61 Å². The zero-order valence-corrected chi connectivity index (χ0v) is 21.1. The van der Waals surface area contributed by atoms with Gasteiger partial charge < -0.3 is 9.47 Å². The average Bonchev–Trinajstić information content (AvgIpc) is 2.85. The van der Waals surface area contributed by atoms with E-state index in [9.17, 15) is 0 Å². The summed E-state index contributed by atoms with van der Waals surface area (Å²) in [4.78, 5) is 4.80. The quantitative estimate of drug-likeness (QED) is 0.381. The number of nitrogens with zero attached hydrogens (tertiary/aromatic N) is 2. The van der Waals surface area contributed by atoms with Gasteiger partial charge in [0, 0.05) is 37.3 Å². The monoisotopic (exact) mass is 498 g/mol. The van der Waals surface area contributed by atoms with Crippen LogP contribution in [0.25, 0.3) is 0 Å². The summed E-state index contributed by atoms with van der Waals surface area (Å²) < 4.78 is 12.3. The van der Waals surface area contributed by atoms with Gasteiger partial charge in [-0.05, 0) is 37.3 Å². The Hall–Kier alpha value is -2.52. The van der Waals surface area contributed by atoms with Crippen molar-refractivity contribution in [2.45, 2.75) is 19.8 Å². The van der Waals surface area contributed by atoms with Gasteiger partial charge in [0.25, 0.3) is 0 Å². The molecule has 0 amide bonds. The van der Waals surface area contributed by atoms with Crippen LogP contribution >= 0.6 is 24.8 Å². The van der Waals surface area contributed by atoms with Gasteiger partial charge in [0.1, 0.15) is 17.7 Å². The smallest absolute Gasteiger partial charge is 0.132 e. The number of rotatable bonds is 7. The molecule has 1 fully saturated rings. The standard InChI is InChI=1S/C28H30N2O2.2ClH/c1-24(30-21-19-29(20-22-30)18-10-13-25-11-4-2-5-12-25)31-23-26-14-8-9-17-28(26)32-27-15-6-3-7-16-27;;/h2-9,11-12,14-17,24H,18-23H2,1H3;2*1H. The molecule has 0 radical (unpaired) electrons. The Bertz CT molecular complexity index is 1030. The molecule has 6 heteroatoms. The van der Waals surface area contributed by atoms with Crippen molar-refractivity contribution < 1.29 is 9.47 Å². The number of halogens is 2. The van der Waals surface area contributed by atoms with E-state index in [4.69, 9.17) is 9.47 Å². The van der Waals surface area contributed by atoms with Crippen LogP contribution in [0.15, 0.2) is 84.9 Å². The molecule has 1 atom stereocenters. The zero-order valence-electron chi connectivity index (χ0n) is 19.4. The topological polar surface area (TPSA) is 24.9 Å². The van der Waals surface area contributed by atoms with Gasteiger partial charge >= 0.3 is 0 Å². The molecule has 3 aromatic rings. The van der Waals surface area contributed by atoms with Crippen molar-refractivity contribution in [3.8, 4) is 23.3 Å². The maximum atomic E-state index is 6.22. The summed E-state index contributed by atoms with van der Waals surface area (Å²) in [5, 5.41) is 0. The normalized spacial score (nSPS) is 14.6. The van der Waals surface area contributed by atoms with Crippen LogP contribution in [0.1, 0.15) is 18.1 Å². The second-order valence-corrected chi connectivity index (χ2v) is 7.91. The van der Waals surface area contributed by atoms with Gasteiger partial charge in [-0.25, -0.2) is 0 Å². The highest BCUT2D eigenvalue weighted by Gasteiger charge is 2.21. The predicted octanol–water partition coefficient (Wildman–Crippen LogP) is 5.85. The number of hydrogen-bond donors (Lipinski definition) is 0. The average molecular weight is 499 g/mol. The summed E-state index contributed by atoms with van der Waals surface area (Å²) in [6.07, 6.45) is 0.0531. The largest absolute Gasteiger partial charge is 0.457 e. The highest BCUT2D eigenvalue weighted by atomic mass is 35.5. The summed E-state index contributed by atoms with van der Waals surface area (Å²) in [5.41, 5.74) is 2.13. The molecule has 0 spiro atoms. The molecule has 1 unspecified atom stereocenters. The number of ether oxygens (including phenoxy) is 2. The van der Waals surface area contributed by atoms with E-state index in [0.717, 1.165) is 55.3 Å². The first-order valence-electron chi connectivity index (χ1n) is 11.2. The van der Waals surface area contributed by atoms with Crippen molar-refractivity contribution in [2.24, 2.45) is 0 Å². The Morgan fingerprint density at radius 3 is 2.12 bits per heavy atom. The van der Waals surface area contributed by atoms with Gasteiger partial charge in [-0.3, -0.25) is 9.80 Å². The number of benzene rings is 3. The lowest BCUT2D eigenvalue weighted by molar-refractivity contribution is -0.0721. The Kier molecular flexibility index (Phi) is 12.0. The van der Waals surface area contributed by atoms with Gasteiger partial charge in [0.05, 0.1) is 13.2 Å². The molecule has 0 bridgehead atoms. The number of piperazine rings is 1. The Balaban J connectivity index is 0.00000204. The molecule has 0 aliphatic carbocycles. The lowest BCUT2D eigenvalue weighted by atomic mass is 10.2. The van der Waals surface area contributed by atoms with E-state index in [1.165, 1.54) is 0 Å².